The summed E-state index contributed by atoms with van der Waals surface area (Å²) >= 11 is 0. The summed E-state index contributed by atoms with van der Waals surface area (Å²) in [5.41, 5.74) is 0.317. The van der Waals surface area contributed by atoms with Gasteiger partial charge in [-0.1, -0.05) is 12.1 Å². The fraction of sp³-hybridized carbons (Fsp3) is 0.222. The van der Waals surface area contributed by atoms with Gasteiger partial charge in [0.1, 0.15) is 0 Å². The predicted octanol–water partition coefficient (Wildman–Crippen LogP) is 2.56. The highest BCUT2D eigenvalue weighted by Gasteiger charge is 2.21. The van der Waals surface area contributed by atoms with Crippen molar-refractivity contribution in [1.82, 2.24) is 5.32 Å². The summed E-state index contributed by atoms with van der Waals surface area (Å²) in [4.78, 5) is 34.0. The van der Waals surface area contributed by atoms with Crippen LogP contribution >= 0.6 is 0 Å². The van der Waals surface area contributed by atoms with Gasteiger partial charge in [0.25, 0.3) is 11.6 Å². The zero-order valence-corrected chi connectivity index (χ0v) is 14.7. The number of nitro benzene ring substituents is 1. The van der Waals surface area contributed by atoms with Crippen LogP contribution in [0.4, 0.5) is 5.69 Å². The molecule has 0 aliphatic carbocycles. The van der Waals surface area contributed by atoms with E-state index in [-0.39, 0.29) is 17.7 Å². The molecule has 0 aromatic heterocycles. The van der Waals surface area contributed by atoms with Crippen LogP contribution in [-0.2, 0) is 4.79 Å². The fourth-order valence-electron chi connectivity index (χ4n) is 2.50. The van der Waals surface area contributed by atoms with E-state index in [0.717, 1.165) is 6.07 Å². The average molecular weight is 374 g/mol. The first-order valence-electron chi connectivity index (χ1n) is 7.84. The molecule has 1 atom stereocenters. The van der Waals surface area contributed by atoms with E-state index >= 15 is 0 Å². The summed E-state index contributed by atoms with van der Waals surface area (Å²) in [6.07, 6.45) is -0.379. The van der Waals surface area contributed by atoms with Crippen molar-refractivity contribution in [3.05, 3.63) is 63.7 Å². The van der Waals surface area contributed by atoms with Gasteiger partial charge in [-0.15, -0.1) is 0 Å². The number of carbonyl (C=O) groups is 2. The molecular weight excluding hydrogens is 356 g/mol. The minimum absolute atomic E-state index is 0.0556. The Morgan fingerprint density at radius 1 is 1.15 bits per heavy atom. The summed E-state index contributed by atoms with van der Waals surface area (Å²) in [6.45, 7) is 0. The Balaban J connectivity index is 2.32. The second-order valence-electron chi connectivity index (χ2n) is 5.55. The van der Waals surface area contributed by atoms with Gasteiger partial charge in [-0.2, -0.15) is 0 Å². The maximum Gasteiger partial charge on any atom is 0.305 e. The minimum Gasteiger partial charge on any atom is -0.493 e. The van der Waals surface area contributed by atoms with Crippen molar-refractivity contribution in [2.45, 2.75) is 12.5 Å². The summed E-state index contributed by atoms with van der Waals surface area (Å²) in [6, 6.07) is 9.10. The minimum atomic E-state index is -1.12. The van der Waals surface area contributed by atoms with E-state index in [2.05, 4.69) is 5.32 Å². The number of non-ortho nitro benzene ring substituents is 1. The molecule has 2 aromatic rings. The number of rotatable bonds is 8. The third-order valence-corrected chi connectivity index (χ3v) is 3.81. The molecule has 0 unspecified atom stereocenters. The van der Waals surface area contributed by atoms with Crippen LogP contribution in [-0.4, -0.2) is 36.1 Å². The lowest BCUT2D eigenvalue weighted by atomic mass is 10.0. The number of benzene rings is 2. The number of hydrogen-bond acceptors (Lipinski definition) is 6. The van der Waals surface area contributed by atoms with Crippen LogP contribution < -0.4 is 14.8 Å². The van der Waals surface area contributed by atoms with E-state index < -0.39 is 22.8 Å². The van der Waals surface area contributed by atoms with Gasteiger partial charge in [0, 0.05) is 17.7 Å². The summed E-state index contributed by atoms with van der Waals surface area (Å²) in [7, 11) is 2.91. The smallest absolute Gasteiger partial charge is 0.305 e. The van der Waals surface area contributed by atoms with Crippen LogP contribution in [0.25, 0.3) is 0 Å². The highest BCUT2D eigenvalue weighted by molar-refractivity contribution is 5.95. The largest absolute Gasteiger partial charge is 0.493 e. The first kappa shape index (κ1) is 19.7. The Morgan fingerprint density at radius 2 is 1.85 bits per heavy atom. The molecule has 2 rings (SSSR count). The molecule has 27 heavy (non-hydrogen) atoms. The van der Waals surface area contributed by atoms with E-state index in [0.29, 0.717) is 17.1 Å². The first-order valence-corrected chi connectivity index (χ1v) is 7.84. The number of aliphatic carboxylic acids is 1. The number of ether oxygens (including phenoxy) is 2. The highest BCUT2D eigenvalue weighted by atomic mass is 16.6. The fourth-order valence-corrected chi connectivity index (χ4v) is 2.50. The predicted molar refractivity (Wildman–Crippen MR) is 95.1 cm³/mol. The Bertz CT molecular complexity index is 867. The maximum absolute atomic E-state index is 12.5. The van der Waals surface area contributed by atoms with Gasteiger partial charge >= 0.3 is 5.97 Å². The van der Waals surface area contributed by atoms with Gasteiger partial charge in [-0.25, -0.2) is 0 Å². The van der Waals surface area contributed by atoms with Gasteiger partial charge < -0.3 is 19.9 Å². The number of carbonyl (C=O) groups excluding carboxylic acids is 1. The van der Waals surface area contributed by atoms with Gasteiger partial charge in [0.2, 0.25) is 0 Å². The number of nitrogens with zero attached hydrogens (tertiary/aromatic N) is 1. The molecule has 9 heteroatoms. The van der Waals surface area contributed by atoms with Crippen molar-refractivity contribution in [1.29, 1.82) is 0 Å². The standard InChI is InChI=1S/C18H18N2O7/c1-26-15-7-6-11(9-16(15)27-2)14(10-17(21)22)19-18(23)12-4-3-5-13(8-12)20(24)25/h3-9,14H,10H2,1-2H3,(H,19,23)(H,21,22)/t14-/m1/s1. The Labute approximate surface area is 154 Å². The number of nitro groups is 1. The zero-order chi connectivity index (χ0) is 20.0. The van der Waals surface area contributed by atoms with E-state index in [1.165, 1.54) is 32.4 Å². The molecule has 0 heterocycles. The number of methoxy groups -OCH3 is 2. The molecular formula is C18H18N2O7. The first-order chi connectivity index (χ1) is 12.8. The molecule has 0 bridgehead atoms. The van der Waals surface area contributed by atoms with Crippen molar-refractivity contribution in [3.8, 4) is 11.5 Å². The number of amides is 1. The molecule has 142 valence electrons. The van der Waals surface area contributed by atoms with Crippen LogP contribution in [0.2, 0.25) is 0 Å². The third-order valence-electron chi connectivity index (χ3n) is 3.81. The van der Waals surface area contributed by atoms with E-state index in [4.69, 9.17) is 9.47 Å². The lowest BCUT2D eigenvalue weighted by Gasteiger charge is -2.19. The molecule has 0 saturated carbocycles. The molecule has 2 aromatic carbocycles. The van der Waals surface area contributed by atoms with Crippen molar-refractivity contribution < 1.29 is 29.1 Å². The molecule has 0 aliphatic heterocycles. The molecule has 0 spiro atoms. The van der Waals surface area contributed by atoms with Crippen molar-refractivity contribution in [2.24, 2.45) is 0 Å². The van der Waals surface area contributed by atoms with Crippen LogP contribution in [0.5, 0.6) is 11.5 Å². The molecule has 0 radical (unpaired) electrons. The molecule has 0 saturated heterocycles. The molecule has 0 fully saturated rings. The van der Waals surface area contributed by atoms with Crippen LogP contribution in [0.1, 0.15) is 28.4 Å². The molecule has 9 nitrogen and oxygen atoms in total. The lowest BCUT2D eigenvalue weighted by molar-refractivity contribution is -0.384. The quantitative estimate of drug-likeness (QED) is 0.537. The molecule has 0 aliphatic rings. The maximum atomic E-state index is 12.5. The van der Waals surface area contributed by atoms with E-state index in [1.807, 2.05) is 0 Å². The second-order valence-corrected chi connectivity index (χ2v) is 5.55. The monoisotopic (exact) mass is 374 g/mol. The topological polar surface area (TPSA) is 128 Å². The number of nitrogens with one attached hydrogen (secondary N) is 1. The van der Waals surface area contributed by atoms with E-state index in [9.17, 15) is 24.8 Å². The van der Waals surface area contributed by atoms with Crippen LogP contribution in [0.3, 0.4) is 0 Å². The lowest BCUT2D eigenvalue weighted by Crippen LogP contribution is -2.30. The summed E-state index contributed by atoms with van der Waals surface area (Å²) in [5.74, 6) is -0.899. The van der Waals surface area contributed by atoms with E-state index in [1.54, 1.807) is 18.2 Å². The Morgan fingerprint density at radius 3 is 2.44 bits per heavy atom. The number of carboxylic acids is 1. The summed E-state index contributed by atoms with van der Waals surface area (Å²) < 4.78 is 10.3. The second kappa shape index (κ2) is 8.65. The van der Waals surface area contributed by atoms with Gasteiger partial charge in [0.15, 0.2) is 11.5 Å². The number of carboxylic acid groups (broad SMARTS) is 1. The van der Waals surface area contributed by atoms with Gasteiger partial charge in [-0.3, -0.25) is 19.7 Å². The summed E-state index contributed by atoms with van der Waals surface area (Å²) in [5, 5.41) is 22.6. The number of hydrogen-bond donors (Lipinski definition) is 2. The highest BCUT2D eigenvalue weighted by Crippen LogP contribution is 2.31. The van der Waals surface area contributed by atoms with Crippen LogP contribution in [0, 0.1) is 10.1 Å². The molecule has 1 amide bonds. The van der Waals surface area contributed by atoms with Crippen molar-refractivity contribution >= 4 is 17.6 Å². The SMILES string of the molecule is COc1ccc([C@@H](CC(=O)O)NC(=O)c2cccc([N+](=O)[O-])c2)cc1OC. The van der Waals surface area contributed by atoms with Crippen molar-refractivity contribution in [2.75, 3.05) is 14.2 Å². The normalized spacial score (nSPS) is 11.3. The Hall–Kier alpha value is -3.62. The van der Waals surface area contributed by atoms with Crippen molar-refractivity contribution in [3.63, 3.8) is 0 Å². The van der Waals surface area contributed by atoms with Gasteiger partial charge in [0.05, 0.1) is 31.6 Å². The Kier molecular flexibility index (Phi) is 6.32. The average Bonchev–Trinajstić information content (AvgIpc) is 2.66. The zero-order valence-electron chi connectivity index (χ0n) is 14.7. The molecule has 2 N–H and O–H groups in total. The third kappa shape index (κ3) is 4.94. The van der Waals surface area contributed by atoms with Gasteiger partial charge in [-0.05, 0) is 23.8 Å². The van der Waals surface area contributed by atoms with Crippen LogP contribution in [0.15, 0.2) is 42.5 Å².